The van der Waals surface area contributed by atoms with Crippen LogP contribution in [0.15, 0.2) is 18.2 Å². The Morgan fingerprint density at radius 2 is 2.31 bits per heavy atom. The first-order valence-corrected chi connectivity index (χ1v) is 4.43. The van der Waals surface area contributed by atoms with E-state index in [1.54, 1.807) is 13.0 Å². The SMILES string of the molecule is Cc1ccc(NC(=O)CS)c(F)c1. The zero-order chi connectivity index (χ0) is 9.84. The van der Waals surface area contributed by atoms with E-state index < -0.39 is 5.82 Å². The molecule has 4 heteroatoms. The Kier molecular flexibility index (Phi) is 3.31. The predicted molar refractivity (Wildman–Crippen MR) is 53.6 cm³/mol. The Morgan fingerprint density at radius 3 is 2.85 bits per heavy atom. The second-order valence-corrected chi connectivity index (χ2v) is 3.01. The van der Waals surface area contributed by atoms with Crippen LogP contribution < -0.4 is 5.32 Å². The van der Waals surface area contributed by atoms with Crippen molar-refractivity contribution in [3.05, 3.63) is 29.6 Å². The van der Waals surface area contributed by atoms with Crippen molar-refractivity contribution in [2.45, 2.75) is 6.92 Å². The van der Waals surface area contributed by atoms with Crippen LogP contribution in [-0.2, 0) is 4.79 Å². The second-order valence-electron chi connectivity index (χ2n) is 2.69. The Hall–Kier alpha value is -1.03. The fraction of sp³-hybridized carbons (Fsp3) is 0.222. The molecule has 0 heterocycles. The predicted octanol–water partition coefficient (Wildman–Crippen LogP) is 2.00. The summed E-state index contributed by atoms with van der Waals surface area (Å²) >= 11 is 3.77. The van der Waals surface area contributed by atoms with E-state index in [0.29, 0.717) is 0 Å². The summed E-state index contributed by atoms with van der Waals surface area (Å²) in [6.07, 6.45) is 0. The van der Waals surface area contributed by atoms with Gasteiger partial charge in [0.05, 0.1) is 11.4 Å². The minimum absolute atomic E-state index is 0.0489. The van der Waals surface area contributed by atoms with Crippen LogP contribution in [0.25, 0.3) is 0 Å². The summed E-state index contributed by atoms with van der Waals surface area (Å²) in [4.78, 5) is 10.9. The molecule has 0 atom stereocenters. The summed E-state index contributed by atoms with van der Waals surface area (Å²) in [5.41, 5.74) is 1.02. The lowest BCUT2D eigenvalue weighted by Crippen LogP contribution is -2.13. The Balaban J connectivity index is 2.83. The lowest BCUT2D eigenvalue weighted by atomic mass is 10.2. The van der Waals surface area contributed by atoms with E-state index in [2.05, 4.69) is 17.9 Å². The highest BCUT2D eigenvalue weighted by atomic mass is 32.1. The number of carbonyl (C=O) groups is 1. The highest BCUT2D eigenvalue weighted by Crippen LogP contribution is 2.14. The monoisotopic (exact) mass is 199 g/mol. The van der Waals surface area contributed by atoms with Crippen LogP contribution in [0.3, 0.4) is 0 Å². The first-order valence-electron chi connectivity index (χ1n) is 3.80. The lowest BCUT2D eigenvalue weighted by molar-refractivity contribution is -0.113. The molecule has 0 aliphatic carbocycles. The van der Waals surface area contributed by atoms with E-state index in [1.165, 1.54) is 12.1 Å². The van der Waals surface area contributed by atoms with Crippen LogP contribution in [0.1, 0.15) is 5.56 Å². The van der Waals surface area contributed by atoms with Gasteiger partial charge in [-0.15, -0.1) is 0 Å². The maximum atomic E-state index is 13.1. The van der Waals surface area contributed by atoms with E-state index in [9.17, 15) is 9.18 Å². The number of hydrogen-bond donors (Lipinski definition) is 2. The van der Waals surface area contributed by atoms with E-state index >= 15 is 0 Å². The molecular weight excluding hydrogens is 189 g/mol. The van der Waals surface area contributed by atoms with Crippen LogP contribution in [0, 0.1) is 12.7 Å². The number of benzene rings is 1. The number of rotatable bonds is 2. The quantitative estimate of drug-likeness (QED) is 0.701. The third-order valence-electron chi connectivity index (χ3n) is 1.54. The van der Waals surface area contributed by atoms with Gasteiger partial charge in [0, 0.05) is 0 Å². The van der Waals surface area contributed by atoms with E-state index in [4.69, 9.17) is 0 Å². The van der Waals surface area contributed by atoms with Gasteiger partial charge in [0.1, 0.15) is 5.82 Å². The maximum Gasteiger partial charge on any atom is 0.234 e. The van der Waals surface area contributed by atoms with Crippen molar-refractivity contribution in [1.82, 2.24) is 0 Å². The minimum atomic E-state index is -0.421. The maximum absolute atomic E-state index is 13.1. The molecule has 1 amide bonds. The summed E-state index contributed by atoms with van der Waals surface area (Å²) in [7, 11) is 0. The first-order chi connectivity index (χ1) is 6.13. The van der Waals surface area contributed by atoms with Gasteiger partial charge in [-0.3, -0.25) is 4.79 Å². The van der Waals surface area contributed by atoms with Crippen LogP contribution in [0.4, 0.5) is 10.1 Å². The largest absolute Gasteiger partial charge is 0.323 e. The van der Waals surface area contributed by atoms with E-state index in [-0.39, 0.29) is 17.3 Å². The molecule has 70 valence electrons. The molecular formula is C9H10FNOS. The topological polar surface area (TPSA) is 29.1 Å². The average Bonchev–Trinajstić information content (AvgIpc) is 2.09. The van der Waals surface area contributed by atoms with Crippen molar-refractivity contribution < 1.29 is 9.18 Å². The molecule has 13 heavy (non-hydrogen) atoms. The van der Waals surface area contributed by atoms with Crippen LogP contribution in [0.5, 0.6) is 0 Å². The summed E-state index contributed by atoms with van der Waals surface area (Å²) < 4.78 is 13.1. The van der Waals surface area contributed by atoms with Crippen molar-refractivity contribution >= 4 is 24.2 Å². The van der Waals surface area contributed by atoms with Gasteiger partial charge in [-0.1, -0.05) is 6.07 Å². The number of thiol groups is 1. The third-order valence-corrected chi connectivity index (χ3v) is 1.83. The summed E-state index contributed by atoms with van der Waals surface area (Å²) in [5, 5.41) is 2.40. The van der Waals surface area contributed by atoms with Crippen molar-refractivity contribution in [3.8, 4) is 0 Å². The molecule has 0 unspecified atom stereocenters. The zero-order valence-electron chi connectivity index (χ0n) is 7.17. The molecule has 0 spiro atoms. The third kappa shape index (κ3) is 2.73. The van der Waals surface area contributed by atoms with Gasteiger partial charge in [0.25, 0.3) is 0 Å². The molecule has 0 aromatic heterocycles. The van der Waals surface area contributed by atoms with Crippen LogP contribution in [-0.4, -0.2) is 11.7 Å². The smallest absolute Gasteiger partial charge is 0.234 e. The van der Waals surface area contributed by atoms with Gasteiger partial charge in [0.2, 0.25) is 5.91 Å². The van der Waals surface area contributed by atoms with Crippen molar-refractivity contribution in [3.63, 3.8) is 0 Å². The summed E-state index contributed by atoms with van der Waals surface area (Å²) in [6, 6.07) is 4.64. The lowest BCUT2D eigenvalue weighted by Gasteiger charge is -2.04. The first kappa shape index (κ1) is 10.1. The fourth-order valence-corrected chi connectivity index (χ4v) is 0.990. The van der Waals surface area contributed by atoms with Crippen LogP contribution >= 0.6 is 12.6 Å². The second kappa shape index (κ2) is 4.28. The summed E-state index contributed by atoms with van der Waals surface area (Å²) in [6.45, 7) is 1.79. The Morgan fingerprint density at radius 1 is 1.62 bits per heavy atom. The molecule has 0 radical (unpaired) electrons. The summed E-state index contributed by atoms with van der Waals surface area (Å²) in [5.74, 6) is -0.686. The van der Waals surface area contributed by atoms with Gasteiger partial charge >= 0.3 is 0 Å². The normalized spacial score (nSPS) is 9.77. The van der Waals surface area contributed by atoms with Gasteiger partial charge in [-0.05, 0) is 24.6 Å². The molecule has 0 aliphatic rings. The molecule has 0 saturated heterocycles. The van der Waals surface area contributed by atoms with Gasteiger partial charge in [0.15, 0.2) is 0 Å². The average molecular weight is 199 g/mol. The highest BCUT2D eigenvalue weighted by Gasteiger charge is 2.04. The number of anilines is 1. The van der Waals surface area contributed by atoms with Crippen molar-refractivity contribution in [2.75, 3.05) is 11.1 Å². The van der Waals surface area contributed by atoms with Crippen molar-refractivity contribution in [1.29, 1.82) is 0 Å². The van der Waals surface area contributed by atoms with Gasteiger partial charge < -0.3 is 5.32 Å². The molecule has 1 rings (SSSR count). The number of hydrogen-bond acceptors (Lipinski definition) is 2. The standard InChI is InChI=1S/C9H10FNOS/c1-6-2-3-8(7(10)4-6)11-9(12)5-13/h2-4,13H,5H2,1H3,(H,11,12). The minimum Gasteiger partial charge on any atom is -0.323 e. The highest BCUT2D eigenvalue weighted by molar-refractivity contribution is 7.81. The number of carbonyl (C=O) groups excluding carboxylic acids is 1. The molecule has 0 saturated carbocycles. The molecule has 0 fully saturated rings. The number of nitrogens with one attached hydrogen (secondary N) is 1. The van der Waals surface area contributed by atoms with Gasteiger partial charge in [-0.2, -0.15) is 12.6 Å². The Bertz CT molecular complexity index is 327. The van der Waals surface area contributed by atoms with Crippen molar-refractivity contribution in [2.24, 2.45) is 0 Å². The molecule has 1 aromatic carbocycles. The molecule has 0 aliphatic heterocycles. The number of amides is 1. The molecule has 2 nitrogen and oxygen atoms in total. The molecule has 0 bridgehead atoms. The fourth-order valence-electron chi connectivity index (χ4n) is 0.911. The van der Waals surface area contributed by atoms with E-state index in [1.807, 2.05) is 0 Å². The Labute approximate surface area is 81.6 Å². The van der Waals surface area contributed by atoms with E-state index in [0.717, 1.165) is 5.56 Å². The van der Waals surface area contributed by atoms with Gasteiger partial charge in [-0.25, -0.2) is 4.39 Å². The van der Waals surface area contributed by atoms with Crippen LogP contribution in [0.2, 0.25) is 0 Å². The number of halogens is 1. The molecule has 1 aromatic rings. The number of aryl methyl sites for hydroxylation is 1. The zero-order valence-corrected chi connectivity index (χ0v) is 8.07. The molecule has 1 N–H and O–H groups in total.